The number of aromatic nitrogens is 4. The van der Waals surface area contributed by atoms with Crippen LogP contribution in [0.3, 0.4) is 0 Å². The molecule has 0 amide bonds. The van der Waals surface area contributed by atoms with Gasteiger partial charge in [0, 0.05) is 48.4 Å². The van der Waals surface area contributed by atoms with Crippen molar-refractivity contribution in [3.63, 3.8) is 0 Å². The number of hydrogen-bond donors (Lipinski definition) is 0. The molecular formula is C16H14ClN5. The van der Waals surface area contributed by atoms with Gasteiger partial charge in [0.15, 0.2) is 5.82 Å². The maximum absolute atomic E-state index is 5.93. The molecule has 0 radical (unpaired) electrons. The molecule has 0 atom stereocenters. The van der Waals surface area contributed by atoms with E-state index in [-0.39, 0.29) is 5.28 Å². The van der Waals surface area contributed by atoms with Gasteiger partial charge < -0.3 is 4.90 Å². The summed E-state index contributed by atoms with van der Waals surface area (Å²) in [6.07, 6.45) is 3.73. The van der Waals surface area contributed by atoms with Crippen molar-refractivity contribution in [2.45, 2.75) is 13.5 Å². The van der Waals surface area contributed by atoms with E-state index in [0.29, 0.717) is 0 Å². The first-order chi connectivity index (χ1) is 10.6. The highest BCUT2D eigenvalue weighted by molar-refractivity contribution is 6.28. The molecule has 2 aromatic heterocycles. The van der Waals surface area contributed by atoms with Crippen molar-refractivity contribution in [1.29, 1.82) is 0 Å². The van der Waals surface area contributed by atoms with Gasteiger partial charge >= 0.3 is 0 Å². The van der Waals surface area contributed by atoms with Gasteiger partial charge in [-0.25, -0.2) is 9.67 Å². The Hall–Kier alpha value is -2.40. The van der Waals surface area contributed by atoms with Crippen LogP contribution in [0, 0.1) is 6.92 Å². The number of rotatable bonds is 1. The predicted octanol–water partition coefficient (Wildman–Crippen LogP) is 3.24. The van der Waals surface area contributed by atoms with Crippen molar-refractivity contribution in [1.82, 2.24) is 19.7 Å². The Bertz CT molecular complexity index is 871. The van der Waals surface area contributed by atoms with E-state index < -0.39 is 0 Å². The van der Waals surface area contributed by atoms with Gasteiger partial charge in [-0.15, -0.1) is 0 Å². The number of aryl methyl sites for hydroxylation is 1. The third-order valence-electron chi connectivity index (χ3n) is 3.90. The van der Waals surface area contributed by atoms with Crippen LogP contribution in [-0.4, -0.2) is 26.8 Å². The van der Waals surface area contributed by atoms with Gasteiger partial charge in [-0.3, -0.25) is 0 Å². The normalized spacial score (nSPS) is 13.0. The second-order valence-corrected chi connectivity index (χ2v) is 5.80. The van der Waals surface area contributed by atoms with Crippen LogP contribution in [0.1, 0.15) is 11.1 Å². The van der Waals surface area contributed by atoms with E-state index in [1.54, 1.807) is 10.9 Å². The second kappa shape index (κ2) is 4.81. The molecule has 0 N–H and O–H groups in total. The van der Waals surface area contributed by atoms with E-state index in [0.717, 1.165) is 29.2 Å². The summed E-state index contributed by atoms with van der Waals surface area (Å²) >= 11 is 5.93. The van der Waals surface area contributed by atoms with E-state index in [1.165, 1.54) is 11.3 Å². The Morgan fingerprint density at radius 3 is 2.91 bits per heavy atom. The summed E-state index contributed by atoms with van der Waals surface area (Å²) in [7, 11) is 2.09. The number of halogens is 1. The number of benzene rings is 1. The van der Waals surface area contributed by atoms with Crippen LogP contribution in [0.4, 0.5) is 5.69 Å². The standard InChI is InChI=1S/C16H14ClN5/c1-10-7-18-16(17)19-15(10)22-9-11-8-21(2)13-6-4-3-5-12(13)14(11)20-22/h3-7,9H,8H2,1-2H3. The first kappa shape index (κ1) is 13.3. The molecule has 0 unspecified atom stereocenters. The lowest BCUT2D eigenvalue weighted by Crippen LogP contribution is -2.20. The minimum absolute atomic E-state index is 0.228. The lowest BCUT2D eigenvalue weighted by atomic mass is 10.0. The van der Waals surface area contributed by atoms with Crippen molar-refractivity contribution < 1.29 is 0 Å². The summed E-state index contributed by atoms with van der Waals surface area (Å²) in [6, 6.07) is 8.30. The molecule has 1 aliphatic heterocycles. The Balaban J connectivity index is 1.90. The number of anilines is 1. The fourth-order valence-electron chi connectivity index (χ4n) is 2.85. The Morgan fingerprint density at radius 1 is 1.23 bits per heavy atom. The quantitative estimate of drug-likeness (QED) is 0.647. The molecular weight excluding hydrogens is 298 g/mol. The van der Waals surface area contributed by atoms with Crippen LogP contribution in [0.25, 0.3) is 17.1 Å². The number of nitrogens with zero attached hydrogens (tertiary/aromatic N) is 5. The third-order valence-corrected chi connectivity index (χ3v) is 4.08. The lowest BCUT2D eigenvalue weighted by molar-refractivity contribution is 0.832. The molecule has 110 valence electrons. The monoisotopic (exact) mass is 311 g/mol. The Kier molecular flexibility index (Phi) is 2.90. The van der Waals surface area contributed by atoms with Crippen LogP contribution >= 0.6 is 11.6 Å². The van der Waals surface area contributed by atoms with Crippen LogP contribution in [0.2, 0.25) is 5.28 Å². The summed E-state index contributed by atoms with van der Waals surface area (Å²) in [5.41, 5.74) is 5.45. The molecule has 0 aliphatic carbocycles. The highest BCUT2D eigenvalue weighted by atomic mass is 35.5. The number of hydrogen-bond acceptors (Lipinski definition) is 4. The Labute approximate surface area is 133 Å². The zero-order valence-corrected chi connectivity index (χ0v) is 13.0. The molecule has 1 aliphatic rings. The molecule has 0 saturated heterocycles. The van der Waals surface area contributed by atoms with Crippen molar-refractivity contribution >= 4 is 17.3 Å². The maximum Gasteiger partial charge on any atom is 0.224 e. The van der Waals surface area contributed by atoms with Gasteiger partial charge in [0.1, 0.15) is 0 Å². The highest BCUT2D eigenvalue weighted by Crippen LogP contribution is 2.37. The largest absolute Gasteiger partial charge is 0.370 e. The van der Waals surface area contributed by atoms with E-state index in [4.69, 9.17) is 16.7 Å². The fraction of sp³-hybridized carbons (Fsp3) is 0.188. The lowest BCUT2D eigenvalue weighted by Gasteiger charge is -2.26. The van der Waals surface area contributed by atoms with Crippen molar-refractivity contribution in [2.24, 2.45) is 0 Å². The molecule has 5 nitrogen and oxygen atoms in total. The second-order valence-electron chi connectivity index (χ2n) is 5.47. The van der Waals surface area contributed by atoms with Crippen LogP contribution < -0.4 is 4.90 Å². The van der Waals surface area contributed by atoms with E-state index in [9.17, 15) is 0 Å². The first-order valence-corrected chi connectivity index (χ1v) is 7.40. The minimum Gasteiger partial charge on any atom is -0.370 e. The SMILES string of the molecule is Cc1cnc(Cl)nc1-n1cc2c(n1)-c1ccccc1N(C)C2. The van der Waals surface area contributed by atoms with Gasteiger partial charge in [-0.05, 0) is 24.6 Å². The molecule has 1 aromatic carbocycles. The van der Waals surface area contributed by atoms with Crippen molar-refractivity contribution in [2.75, 3.05) is 11.9 Å². The van der Waals surface area contributed by atoms with Crippen molar-refractivity contribution in [3.05, 3.63) is 53.1 Å². The zero-order chi connectivity index (χ0) is 15.3. The fourth-order valence-corrected chi connectivity index (χ4v) is 2.98. The maximum atomic E-state index is 5.93. The molecule has 0 fully saturated rings. The smallest absolute Gasteiger partial charge is 0.224 e. The highest BCUT2D eigenvalue weighted by Gasteiger charge is 2.23. The first-order valence-electron chi connectivity index (χ1n) is 7.02. The Morgan fingerprint density at radius 2 is 2.05 bits per heavy atom. The van der Waals surface area contributed by atoms with Gasteiger partial charge in [0.2, 0.25) is 5.28 Å². The summed E-state index contributed by atoms with van der Waals surface area (Å²) in [5.74, 6) is 0.717. The molecule has 22 heavy (non-hydrogen) atoms. The molecule has 0 spiro atoms. The summed E-state index contributed by atoms with van der Waals surface area (Å²) in [5, 5.41) is 4.97. The van der Waals surface area contributed by atoms with E-state index >= 15 is 0 Å². The van der Waals surface area contributed by atoms with E-state index in [2.05, 4.69) is 34.0 Å². The summed E-state index contributed by atoms with van der Waals surface area (Å²) in [4.78, 5) is 10.5. The summed E-state index contributed by atoms with van der Waals surface area (Å²) in [6.45, 7) is 2.77. The molecule has 0 saturated carbocycles. The van der Waals surface area contributed by atoms with Gasteiger partial charge in [-0.1, -0.05) is 18.2 Å². The minimum atomic E-state index is 0.228. The van der Waals surface area contributed by atoms with Gasteiger partial charge in [0.05, 0.1) is 5.69 Å². The molecule has 4 rings (SSSR count). The molecule has 0 bridgehead atoms. The molecule has 3 aromatic rings. The van der Waals surface area contributed by atoms with Crippen molar-refractivity contribution in [3.8, 4) is 17.1 Å². The summed E-state index contributed by atoms with van der Waals surface area (Å²) < 4.78 is 1.80. The number of fused-ring (bicyclic) bond motifs is 3. The molecule has 6 heteroatoms. The van der Waals surface area contributed by atoms with E-state index in [1.807, 2.05) is 25.3 Å². The average Bonchev–Trinajstić information content (AvgIpc) is 2.94. The van der Waals surface area contributed by atoms with Crippen LogP contribution in [0.5, 0.6) is 0 Å². The predicted molar refractivity (Wildman–Crippen MR) is 86.4 cm³/mol. The topological polar surface area (TPSA) is 46.8 Å². The molecule has 3 heterocycles. The van der Waals surface area contributed by atoms with Gasteiger partial charge in [-0.2, -0.15) is 10.1 Å². The third kappa shape index (κ3) is 1.97. The van der Waals surface area contributed by atoms with Gasteiger partial charge in [0.25, 0.3) is 0 Å². The number of para-hydroxylation sites is 1. The zero-order valence-electron chi connectivity index (χ0n) is 12.3. The average molecular weight is 312 g/mol. The van der Waals surface area contributed by atoms with Crippen LogP contribution in [-0.2, 0) is 6.54 Å². The van der Waals surface area contributed by atoms with Crippen LogP contribution in [0.15, 0.2) is 36.7 Å².